The minimum Gasteiger partial charge on any atom is -0.472 e. The molecule has 1 unspecified atom stereocenters. The van der Waals surface area contributed by atoms with Crippen LogP contribution >= 0.6 is 15.9 Å². The van der Waals surface area contributed by atoms with E-state index in [1.165, 1.54) is 6.26 Å². The van der Waals surface area contributed by atoms with Crippen LogP contribution in [0.25, 0.3) is 0 Å². The van der Waals surface area contributed by atoms with E-state index in [0.717, 1.165) is 37.6 Å². The third-order valence-electron chi connectivity index (χ3n) is 3.08. The number of carbonyl (C=O) groups excluding carboxylic acids is 1. The molecule has 2 rings (SSSR count). The highest BCUT2D eigenvalue weighted by Crippen LogP contribution is 2.23. The molecule has 0 saturated carbocycles. The van der Waals surface area contributed by atoms with Crippen LogP contribution in [0.3, 0.4) is 0 Å². The summed E-state index contributed by atoms with van der Waals surface area (Å²) in [5, 5.41) is 1.01. The first-order valence-corrected chi connectivity index (χ1v) is 6.84. The Labute approximate surface area is 104 Å². The van der Waals surface area contributed by atoms with E-state index < -0.39 is 0 Å². The molecule has 0 spiro atoms. The summed E-state index contributed by atoms with van der Waals surface area (Å²) in [6, 6.07) is 2.15. The topological polar surface area (TPSA) is 33.5 Å². The molecule has 3 nitrogen and oxygen atoms in total. The summed E-state index contributed by atoms with van der Waals surface area (Å²) >= 11 is 3.43. The predicted octanol–water partition coefficient (Wildman–Crippen LogP) is 3.06. The molecule has 1 fully saturated rings. The lowest BCUT2D eigenvalue weighted by atomic mass is 10.1. The number of halogens is 1. The van der Waals surface area contributed by atoms with Gasteiger partial charge in [0.2, 0.25) is 0 Å². The van der Waals surface area contributed by atoms with Crippen LogP contribution in [-0.4, -0.2) is 28.7 Å². The van der Waals surface area contributed by atoms with Gasteiger partial charge in [-0.05, 0) is 31.7 Å². The lowest BCUT2D eigenvalue weighted by Gasteiger charge is -2.23. The lowest BCUT2D eigenvalue weighted by molar-refractivity contribution is 0.0729. The van der Waals surface area contributed by atoms with E-state index >= 15 is 0 Å². The van der Waals surface area contributed by atoms with Crippen LogP contribution < -0.4 is 0 Å². The molecule has 1 aliphatic heterocycles. The molecule has 0 N–H and O–H groups in total. The van der Waals surface area contributed by atoms with E-state index in [0.29, 0.717) is 11.6 Å². The number of amides is 1. The average Bonchev–Trinajstić information content (AvgIpc) is 2.96. The van der Waals surface area contributed by atoms with Crippen molar-refractivity contribution in [3.63, 3.8) is 0 Å². The van der Waals surface area contributed by atoms with E-state index in [9.17, 15) is 4.79 Å². The Hall–Kier alpha value is -0.770. The number of likely N-dealkylation sites (tertiary alicyclic amines) is 1. The van der Waals surface area contributed by atoms with Gasteiger partial charge in [-0.3, -0.25) is 4.79 Å². The number of hydrogen-bond donors (Lipinski definition) is 0. The first-order valence-electron chi connectivity index (χ1n) is 5.72. The molecule has 88 valence electrons. The third kappa shape index (κ3) is 2.48. The van der Waals surface area contributed by atoms with Crippen LogP contribution in [0, 0.1) is 0 Å². The van der Waals surface area contributed by atoms with Crippen molar-refractivity contribution < 1.29 is 9.21 Å². The van der Waals surface area contributed by atoms with Crippen LogP contribution in [0.4, 0.5) is 0 Å². The van der Waals surface area contributed by atoms with Gasteiger partial charge in [0.1, 0.15) is 6.26 Å². The highest BCUT2D eigenvalue weighted by molar-refractivity contribution is 9.09. The van der Waals surface area contributed by atoms with Gasteiger partial charge in [-0.15, -0.1) is 0 Å². The van der Waals surface area contributed by atoms with Crippen molar-refractivity contribution in [3.05, 3.63) is 24.2 Å². The Bertz CT molecular complexity index is 337. The summed E-state index contributed by atoms with van der Waals surface area (Å²) in [6.45, 7) is 0.886. The van der Waals surface area contributed by atoms with Gasteiger partial charge in [0, 0.05) is 17.9 Å². The number of nitrogens with zero attached hydrogens (tertiary/aromatic N) is 1. The molecule has 1 aromatic heterocycles. The van der Waals surface area contributed by atoms with Gasteiger partial charge in [-0.25, -0.2) is 0 Å². The zero-order valence-electron chi connectivity index (χ0n) is 9.19. The number of hydrogen-bond acceptors (Lipinski definition) is 2. The summed E-state index contributed by atoms with van der Waals surface area (Å²) in [4.78, 5) is 14.1. The standard InChI is InChI=1S/C12H16BrNO2/c13-6-1-3-11-4-2-7-14(11)12(15)10-5-8-16-9-10/h5,8-9,11H,1-4,6-7H2. The molecule has 1 saturated heterocycles. The van der Waals surface area contributed by atoms with E-state index in [-0.39, 0.29) is 5.91 Å². The summed E-state index contributed by atoms with van der Waals surface area (Å²) in [7, 11) is 0. The second kappa shape index (κ2) is 5.53. The quantitative estimate of drug-likeness (QED) is 0.797. The largest absolute Gasteiger partial charge is 0.472 e. The van der Waals surface area contributed by atoms with Crippen LogP contribution in [0.1, 0.15) is 36.0 Å². The van der Waals surface area contributed by atoms with Crippen LogP contribution in [0.5, 0.6) is 0 Å². The average molecular weight is 286 g/mol. The fourth-order valence-electron chi connectivity index (χ4n) is 2.27. The first kappa shape index (κ1) is 11.7. The van der Waals surface area contributed by atoms with Crippen molar-refractivity contribution in [2.24, 2.45) is 0 Å². The molecule has 4 heteroatoms. The van der Waals surface area contributed by atoms with Gasteiger partial charge in [0.25, 0.3) is 5.91 Å². The molecule has 1 aromatic rings. The maximum atomic E-state index is 12.1. The van der Waals surface area contributed by atoms with Crippen molar-refractivity contribution in [2.45, 2.75) is 31.7 Å². The Morgan fingerprint density at radius 2 is 2.50 bits per heavy atom. The molecule has 2 heterocycles. The maximum Gasteiger partial charge on any atom is 0.257 e. The normalized spacial score (nSPS) is 20.3. The lowest BCUT2D eigenvalue weighted by Crippen LogP contribution is -2.35. The van der Waals surface area contributed by atoms with Crippen molar-refractivity contribution in [1.82, 2.24) is 4.90 Å². The highest BCUT2D eigenvalue weighted by Gasteiger charge is 2.29. The fraction of sp³-hybridized carbons (Fsp3) is 0.583. The molecular formula is C12H16BrNO2. The van der Waals surface area contributed by atoms with Gasteiger partial charge in [0.05, 0.1) is 11.8 Å². The molecule has 1 aliphatic rings. The molecule has 1 atom stereocenters. The van der Waals surface area contributed by atoms with Crippen molar-refractivity contribution in [2.75, 3.05) is 11.9 Å². The van der Waals surface area contributed by atoms with E-state index in [1.807, 2.05) is 4.90 Å². The highest BCUT2D eigenvalue weighted by atomic mass is 79.9. The molecule has 0 aromatic carbocycles. The molecule has 0 bridgehead atoms. The van der Waals surface area contributed by atoms with E-state index in [1.54, 1.807) is 12.3 Å². The van der Waals surface area contributed by atoms with Crippen LogP contribution in [-0.2, 0) is 0 Å². The second-order valence-electron chi connectivity index (χ2n) is 4.14. The van der Waals surface area contributed by atoms with Crippen LogP contribution in [0.2, 0.25) is 0 Å². The minimum atomic E-state index is 0.117. The van der Waals surface area contributed by atoms with E-state index in [2.05, 4.69) is 15.9 Å². The summed E-state index contributed by atoms with van der Waals surface area (Å²) in [5.41, 5.74) is 0.672. The van der Waals surface area contributed by atoms with Gasteiger partial charge >= 0.3 is 0 Å². The summed E-state index contributed by atoms with van der Waals surface area (Å²) in [6.07, 6.45) is 7.56. The van der Waals surface area contributed by atoms with Crippen molar-refractivity contribution in [3.8, 4) is 0 Å². The molecular weight excluding hydrogens is 270 g/mol. The molecule has 0 radical (unpaired) electrons. The van der Waals surface area contributed by atoms with Gasteiger partial charge < -0.3 is 9.32 Å². The Morgan fingerprint density at radius 3 is 3.19 bits per heavy atom. The predicted molar refractivity (Wildman–Crippen MR) is 65.8 cm³/mol. The second-order valence-corrected chi connectivity index (χ2v) is 4.93. The Balaban J connectivity index is 1.99. The molecule has 0 aliphatic carbocycles. The first-order chi connectivity index (χ1) is 7.83. The van der Waals surface area contributed by atoms with Gasteiger partial charge in [0.15, 0.2) is 0 Å². The van der Waals surface area contributed by atoms with Crippen molar-refractivity contribution >= 4 is 21.8 Å². The van der Waals surface area contributed by atoms with Crippen molar-refractivity contribution in [1.29, 1.82) is 0 Å². The zero-order valence-corrected chi connectivity index (χ0v) is 10.8. The summed E-state index contributed by atoms with van der Waals surface area (Å²) < 4.78 is 4.96. The number of rotatable bonds is 4. The fourth-order valence-corrected chi connectivity index (χ4v) is 2.59. The number of alkyl halides is 1. The third-order valence-corrected chi connectivity index (χ3v) is 3.64. The smallest absolute Gasteiger partial charge is 0.257 e. The van der Waals surface area contributed by atoms with E-state index in [4.69, 9.17) is 4.42 Å². The monoisotopic (exact) mass is 285 g/mol. The van der Waals surface area contributed by atoms with Gasteiger partial charge in [-0.2, -0.15) is 0 Å². The minimum absolute atomic E-state index is 0.117. The maximum absolute atomic E-state index is 12.1. The molecule has 1 amide bonds. The molecule has 16 heavy (non-hydrogen) atoms. The van der Waals surface area contributed by atoms with Crippen LogP contribution in [0.15, 0.2) is 23.0 Å². The zero-order chi connectivity index (χ0) is 11.4. The SMILES string of the molecule is O=C(c1ccoc1)N1CCCC1CCCBr. The number of carbonyl (C=O) groups is 1. The Kier molecular flexibility index (Phi) is 4.04. The van der Waals surface area contributed by atoms with Gasteiger partial charge in [-0.1, -0.05) is 15.9 Å². The summed E-state index contributed by atoms with van der Waals surface area (Å²) in [5.74, 6) is 0.117. The Morgan fingerprint density at radius 1 is 1.62 bits per heavy atom. The number of furan rings is 1.